The number of esters is 1. The van der Waals surface area contributed by atoms with E-state index in [1.807, 2.05) is 30.3 Å². The maximum absolute atomic E-state index is 12.4. The van der Waals surface area contributed by atoms with Gasteiger partial charge < -0.3 is 14.0 Å². The molecule has 28 heavy (non-hydrogen) atoms. The zero-order valence-corrected chi connectivity index (χ0v) is 15.0. The number of H-pyrrole nitrogens is 1. The SMILES string of the molecule is COc1ccc(-c2nc(COC(=O)c3cn[nH]c3-c3ccccc3)no2)cc1. The van der Waals surface area contributed by atoms with Gasteiger partial charge in [-0.25, -0.2) is 4.79 Å². The number of rotatable bonds is 6. The number of aromatic amines is 1. The molecule has 0 amide bonds. The Morgan fingerprint density at radius 1 is 1.07 bits per heavy atom. The molecular weight excluding hydrogens is 360 g/mol. The molecule has 2 heterocycles. The predicted molar refractivity (Wildman–Crippen MR) is 99.4 cm³/mol. The lowest BCUT2D eigenvalue weighted by Gasteiger charge is -2.03. The fourth-order valence-electron chi connectivity index (χ4n) is 2.64. The Bertz CT molecular complexity index is 1070. The number of nitrogens with zero attached hydrogens (tertiary/aromatic N) is 3. The average molecular weight is 376 g/mol. The van der Waals surface area contributed by atoms with Crippen LogP contribution in [0.5, 0.6) is 5.75 Å². The number of carbonyl (C=O) groups excluding carboxylic acids is 1. The minimum absolute atomic E-state index is 0.113. The molecular formula is C20H16N4O4. The van der Waals surface area contributed by atoms with Crippen LogP contribution >= 0.6 is 0 Å². The zero-order chi connectivity index (χ0) is 19.3. The smallest absolute Gasteiger partial charge is 0.342 e. The van der Waals surface area contributed by atoms with Crippen molar-refractivity contribution in [3.8, 4) is 28.5 Å². The normalized spacial score (nSPS) is 10.6. The van der Waals surface area contributed by atoms with Crippen molar-refractivity contribution in [1.29, 1.82) is 0 Å². The van der Waals surface area contributed by atoms with Crippen LogP contribution in [0.15, 0.2) is 65.3 Å². The number of methoxy groups -OCH3 is 1. The maximum Gasteiger partial charge on any atom is 0.342 e. The van der Waals surface area contributed by atoms with Crippen LogP contribution < -0.4 is 4.74 Å². The molecule has 8 nitrogen and oxygen atoms in total. The number of hydrogen-bond donors (Lipinski definition) is 1. The predicted octanol–water partition coefficient (Wildman–Crippen LogP) is 3.49. The van der Waals surface area contributed by atoms with E-state index in [2.05, 4.69) is 20.3 Å². The Morgan fingerprint density at radius 2 is 1.86 bits per heavy atom. The summed E-state index contributed by atoms with van der Waals surface area (Å²) in [5.41, 5.74) is 2.52. The summed E-state index contributed by atoms with van der Waals surface area (Å²) in [5, 5.41) is 10.6. The maximum atomic E-state index is 12.4. The van der Waals surface area contributed by atoms with Crippen LogP contribution in [0.1, 0.15) is 16.2 Å². The topological polar surface area (TPSA) is 103 Å². The quantitative estimate of drug-likeness (QED) is 0.514. The van der Waals surface area contributed by atoms with Gasteiger partial charge in [-0.3, -0.25) is 5.10 Å². The van der Waals surface area contributed by atoms with Gasteiger partial charge in [-0.2, -0.15) is 10.1 Å². The molecule has 0 saturated heterocycles. The summed E-state index contributed by atoms with van der Waals surface area (Å²) < 4.78 is 15.7. The number of hydrogen-bond acceptors (Lipinski definition) is 7. The van der Waals surface area contributed by atoms with Crippen LogP contribution in [0.25, 0.3) is 22.7 Å². The summed E-state index contributed by atoms with van der Waals surface area (Å²) in [6.07, 6.45) is 1.43. The van der Waals surface area contributed by atoms with E-state index in [0.717, 1.165) is 16.9 Å². The van der Waals surface area contributed by atoms with E-state index in [1.54, 1.807) is 31.4 Å². The van der Waals surface area contributed by atoms with Gasteiger partial charge in [-0.05, 0) is 24.3 Å². The lowest BCUT2D eigenvalue weighted by molar-refractivity contribution is 0.0460. The second kappa shape index (κ2) is 7.75. The Morgan fingerprint density at radius 3 is 2.61 bits per heavy atom. The fraction of sp³-hybridized carbons (Fsp3) is 0.100. The Labute approximate surface area is 160 Å². The van der Waals surface area contributed by atoms with Crippen molar-refractivity contribution >= 4 is 5.97 Å². The molecule has 0 bridgehead atoms. The van der Waals surface area contributed by atoms with Crippen LogP contribution in [0.4, 0.5) is 0 Å². The first kappa shape index (κ1) is 17.5. The molecule has 0 aliphatic carbocycles. The summed E-state index contributed by atoms with van der Waals surface area (Å²) in [7, 11) is 1.59. The molecule has 0 aliphatic heterocycles. The van der Waals surface area contributed by atoms with Crippen molar-refractivity contribution in [2.45, 2.75) is 6.61 Å². The Kier molecular flexibility index (Phi) is 4.83. The molecule has 0 unspecified atom stereocenters. The third-order valence-electron chi connectivity index (χ3n) is 4.06. The van der Waals surface area contributed by atoms with E-state index in [0.29, 0.717) is 17.1 Å². The molecule has 2 aromatic carbocycles. The molecule has 0 radical (unpaired) electrons. The standard InChI is InChI=1S/C20H16N4O4/c1-26-15-9-7-14(8-10-15)19-22-17(24-28-19)12-27-20(25)16-11-21-23-18(16)13-5-3-2-4-6-13/h2-11H,12H2,1H3,(H,21,23). The molecule has 0 fully saturated rings. The van der Waals surface area contributed by atoms with Gasteiger partial charge in [0.05, 0.1) is 19.0 Å². The highest BCUT2D eigenvalue weighted by Crippen LogP contribution is 2.23. The summed E-state index contributed by atoms with van der Waals surface area (Å²) in [6, 6.07) is 16.6. The van der Waals surface area contributed by atoms with Crippen molar-refractivity contribution < 1.29 is 18.8 Å². The van der Waals surface area contributed by atoms with Crippen LogP contribution in [0.2, 0.25) is 0 Å². The van der Waals surface area contributed by atoms with Crippen molar-refractivity contribution in [3.63, 3.8) is 0 Å². The summed E-state index contributed by atoms with van der Waals surface area (Å²) in [6.45, 7) is -0.113. The second-order valence-electron chi connectivity index (χ2n) is 5.85. The first-order valence-electron chi connectivity index (χ1n) is 8.47. The molecule has 4 rings (SSSR count). The van der Waals surface area contributed by atoms with Gasteiger partial charge in [0.15, 0.2) is 6.61 Å². The molecule has 8 heteroatoms. The van der Waals surface area contributed by atoms with E-state index in [9.17, 15) is 4.79 Å². The van der Waals surface area contributed by atoms with Crippen molar-refractivity contribution in [1.82, 2.24) is 20.3 Å². The highest BCUT2D eigenvalue weighted by atomic mass is 16.5. The first-order chi connectivity index (χ1) is 13.7. The number of ether oxygens (including phenoxy) is 2. The van der Waals surface area contributed by atoms with Gasteiger partial charge >= 0.3 is 5.97 Å². The van der Waals surface area contributed by atoms with Gasteiger partial charge in [-0.1, -0.05) is 35.5 Å². The third-order valence-corrected chi connectivity index (χ3v) is 4.06. The number of nitrogens with one attached hydrogen (secondary N) is 1. The van der Waals surface area contributed by atoms with E-state index >= 15 is 0 Å². The zero-order valence-electron chi connectivity index (χ0n) is 15.0. The van der Waals surface area contributed by atoms with Gasteiger partial charge in [0.2, 0.25) is 5.82 Å². The van der Waals surface area contributed by atoms with Gasteiger partial charge in [0, 0.05) is 11.1 Å². The molecule has 2 aromatic heterocycles. The lowest BCUT2D eigenvalue weighted by atomic mass is 10.1. The molecule has 1 N–H and O–H groups in total. The van der Waals surface area contributed by atoms with Crippen LogP contribution in [0, 0.1) is 0 Å². The summed E-state index contributed by atoms with van der Waals surface area (Å²) in [4.78, 5) is 16.7. The fourth-order valence-corrected chi connectivity index (χ4v) is 2.64. The second-order valence-corrected chi connectivity index (χ2v) is 5.85. The Balaban J connectivity index is 1.44. The number of aromatic nitrogens is 4. The van der Waals surface area contributed by atoms with E-state index < -0.39 is 5.97 Å². The van der Waals surface area contributed by atoms with E-state index in [1.165, 1.54) is 6.20 Å². The minimum atomic E-state index is -0.525. The molecule has 0 saturated carbocycles. The Hall–Kier alpha value is -3.94. The van der Waals surface area contributed by atoms with E-state index in [-0.39, 0.29) is 12.4 Å². The minimum Gasteiger partial charge on any atom is -0.497 e. The number of benzene rings is 2. The van der Waals surface area contributed by atoms with Gasteiger partial charge in [-0.15, -0.1) is 0 Å². The van der Waals surface area contributed by atoms with Crippen molar-refractivity contribution in [2.75, 3.05) is 7.11 Å². The number of carbonyl (C=O) groups is 1. The van der Waals surface area contributed by atoms with Crippen molar-refractivity contribution in [3.05, 3.63) is 72.2 Å². The molecule has 0 spiro atoms. The van der Waals surface area contributed by atoms with Crippen LogP contribution in [-0.2, 0) is 11.3 Å². The summed E-state index contributed by atoms with van der Waals surface area (Å²) >= 11 is 0. The third kappa shape index (κ3) is 3.61. The van der Waals surface area contributed by atoms with Gasteiger partial charge in [0.25, 0.3) is 5.89 Å². The van der Waals surface area contributed by atoms with Crippen LogP contribution in [-0.4, -0.2) is 33.4 Å². The molecule has 4 aromatic rings. The molecule has 140 valence electrons. The summed E-state index contributed by atoms with van der Waals surface area (Å²) in [5.74, 6) is 0.807. The first-order valence-corrected chi connectivity index (χ1v) is 8.47. The van der Waals surface area contributed by atoms with Gasteiger partial charge in [0.1, 0.15) is 11.3 Å². The monoisotopic (exact) mass is 376 g/mol. The molecule has 0 aliphatic rings. The molecule has 0 atom stereocenters. The van der Waals surface area contributed by atoms with Crippen LogP contribution in [0.3, 0.4) is 0 Å². The van der Waals surface area contributed by atoms with Crippen molar-refractivity contribution in [2.24, 2.45) is 0 Å². The highest BCUT2D eigenvalue weighted by Gasteiger charge is 2.18. The van der Waals surface area contributed by atoms with E-state index in [4.69, 9.17) is 14.0 Å². The lowest BCUT2D eigenvalue weighted by Crippen LogP contribution is -2.06. The largest absolute Gasteiger partial charge is 0.497 e. The average Bonchev–Trinajstić information content (AvgIpc) is 3.43. The highest BCUT2D eigenvalue weighted by molar-refractivity contribution is 5.95.